The topological polar surface area (TPSA) is 34.1 Å². The summed E-state index contributed by atoms with van der Waals surface area (Å²) in [6, 6.07) is 1.68. The Hall–Kier alpha value is -0.680. The molecule has 1 aliphatic carbocycles. The normalized spacial score (nSPS) is 24.7. The van der Waals surface area contributed by atoms with Crippen molar-refractivity contribution in [3.8, 4) is 0 Å². The molecule has 1 aromatic rings. The molecule has 5 heteroatoms. The minimum Gasteiger partial charge on any atom is -0.381 e. The van der Waals surface area contributed by atoms with Crippen LogP contribution in [0.4, 0.5) is 10.2 Å². The van der Waals surface area contributed by atoms with Gasteiger partial charge in [0, 0.05) is 23.8 Å². The third-order valence-corrected chi connectivity index (χ3v) is 3.01. The zero-order valence-electron chi connectivity index (χ0n) is 8.34. The van der Waals surface area contributed by atoms with Gasteiger partial charge in [-0.2, -0.15) is 0 Å². The van der Waals surface area contributed by atoms with Crippen LogP contribution >= 0.6 is 15.9 Å². The predicted molar refractivity (Wildman–Crippen MR) is 59.3 cm³/mol. The molecule has 0 aliphatic heterocycles. The number of aromatic nitrogens is 1. The molecule has 0 spiro atoms. The van der Waals surface area contributed by atoms with Crippen molar-refractivity contribution in [3.05, 3.63) is 22.6 Å². The number of hydrogen-bond acceptors (Lipinski definition) is 3. The van der Waals surface area contributed by atoms with E-state index in [4.69, 9.17) is 4.74 Å². The van der Waals surface area contributed by atoms with Crippen molar-refractivity contribution in [3.63, 3.8) is 0 Å². The number of anilines is 1. The van der Waals surface area contributed by atoms with Crippen molar-refractivity contribution >= 4 is 21.7 Å². The molecule has 1 N–H and O–H groups in total. The summed E-state index contributed by atoms with van der Waals surface area (Å²) in [7, 11) is 1.69. The molecule has 0 aromatic carbocycles. The van der Waals surface area contributed by atoms with Gasteiger partial charge in [0.2, 0.25) is 0 Å². The van der Waals surface area contributed by atoms with Crippen LogP contribution in [0.3, 0.4) is 0 Å². The Balaban J connectivity index is 1.94. The van der Waals surface area contributed by atoms with Gasteiger partial charge in [-0.3, -0.25) is 0 Å². The average Bonchev–Trinajstić information content (AvgIpc) is 2.13. The number of ether oxygens (including phenoxy) is 1. The minimum atomic E-state index is -0.328. The summed E-state index contributed by atoms with van der Waals surface area (Å²) in [5.41, 5.74) is 0. The van der Waals surface area contributed by atoms with E-state index >= 15 is 0 Å². The van der Waals surface area contributed by atoms with Crippen LogP contribution in [0.1, 0.15) is 12.8 Å². The van der Waals surface area contributed by atoms with Gasteiger partial charge in [-0.1, -0.05) is 0 Å². The number of methoxy groups -OCH3 is 1. The van der Waals surface area contributed by atoms with Gasteiger partial charge in [-0.15, -0.1) is 0 Å². The number of hydrogen-bond donors (Lipinski definition) is 1. The second-order valence-corrected chi connectivity index (χ2v) is 4.57. The molecule has 1 aromatic heterocycles. The highest BCUT2D eigenvalue weighted by molar-refractivity contribution is 9.10. The Labute approximate surface area is 96.2 Å². The minimum absolute atomic E-state index is 0.276. The zero-order valence-corrected chi connectivity index (χ0v) is 9.92. The Bertz CT molecular complexity index is 355. The quantitative estimate of drug-likeness (QED) is 0.920. The van der Waals surface area contributed by atoms with E-state index in [1.807, 2.05) is 0 Å². The Morgan fingerprint density at radius 1 is 1.60 bits per heavy atom. The van der Waals surface area contributed by atoms with Crippen LogP contribution in [0.25, 0.3) is 0 Å². The number of nitrogens with zero attached hydrogens (tertiary/aromatic N) is 1. The summed E-state index contributed by atoms with van der Waals surface area (Å²) >= 11 is 3.16. The second-order valence-electron chi connectivity index (χ2n) is 3.65. The molecular formula is C10H12BrFN2O. The fourth-order valence-electron chi connectivity index (χ4n) is 1.59. The molecule has 0 radical (unpaired) electrons. The van der Waals surface area contributed by atoms with E-state index < -0.39 is 0 Å². The molecule has 0 atom stereocenters. The van der Waals surface area contributed by atoms with Gasteiger partial charge in [-0.25, -0.2) is 9.37 Å². The fraction of sp³-hybridized carbons (Fsp3) is 0.500. The molecule has 15 heavy (non-hydrogen) atoms. The van der Waals surface area contributed by atoms with Gasteiger partial charge in [-0.05, 0) is 34.8 Å². The lowest BCUT2D eigenvalue weighted by Crippen LogP contribution is -2.40. The van der Waals surface area contributed by atoms with Gasteiger partial charge >= 0.3 is 0 Å². The lowest BCUT2D eigenvalue weighted by Gasteiger charge is -2.34. The van der Waals surface area contributed by atoms with E-state index in [0.717, 1.165) is 12.8 Å². The summed E-state index contributed by atoms with van der Waals surface area (Å²) in [6.45, 7) is 0. The Morgan fingerprint density at radius 3 is 2.93 bits per heavy atom. The lowest BCUT2D eigenvalue weighted by molar-refractivity contribution is 0.0327. The first-order valence-electron chi connectivity index (χ1n) is 4.79. The van der Waals surface area contributed by atoms with Gasteiger partial charge in [0.15, 0.2) is 11.6 Å². The van der Waals surface area contributed by atoms with Crippen molar-refractivity contribution < 1.29 is 9.13 Å². The second kappa shape index (κ2) is 4.45. The zero-order chi connectivity index (χ0) is 10.8. The maximum absolute atomic E-state index is 13.4. The van der Waals surface area contributed by atoms with Crippen molar-refractivity contribution in [1.29, 1.82) is 0 Å². The monoisotopic (exact) mass is 274 g/mol. The van der Waals surface area contributed by atoms with Crippen molar-refractivity contribution in [2.45, 2.75) is 25.0 Å². The predicted octanol–water partition coefficient (Wildman–Crippen LogP) is 2.57. The first kappa shape index (κ1) is 10.8. The average molecular weight is 275 g/mol. The van der Waals surface area contributed by atoms with Gasteiger partial charge < -0.3 is 10.1 Å². The molecule has 82 valence electrons. The van der Waals surface area contributed by atoms with Gasteiger partial charge in [0.1, 0.15) is 0 Å². The van der Waals surface area contributed by atoms with E-state index in [0.29, 0.717) is 16.4 Å². The molecule has 1 saturated carbocycles. The number of rotatable bonds is 3. The third kappa shape index (κ3) is 2.46. The molecule has 1 heterocycles. The summed E-state index contributed by atoms with van der Waals surface area (Å²) in [6.07, 6.45) is 3.71. The summed E-state index contributed by atoms with van der Waals surface area (Å²) in [5.74, 6) is -0.0111. The van der Waals surface area contributed by atoms with Crippen LogP contribution in [0, 0.1) is 5.82 Å². The molecule has 0 amide bonds. The van der Waals surface area contributed by atoms with Crippen molar-refractivity contribution in [2.75, 3.05) is 12.4 Å². The van der Waals surface area contributed by atoms with Crippen LogP contribution in [0.2, 0.25) is 0 Å². The van der Waals surface area contributed by atoms with Crippen molar-refractivity contribution in [1.82, 2.24) is 4.98 Å². The lowest BCUT2D eigenvalue weighted by atomic mass is 9.89. The Kier molecular flexibility index (Phi) is 3.21. The van der Waals surface area contributed by atoms with E-state index in [1.54, 1.807) is 13.3 Å². The number of halogens is 2. The number of pyridine rings is 1. The maximum Gasteiger partial charge on any atom is 0.166 e. The first-order chi connectivity index (χ1) is 7.19. The van der Waals surface area contributed by atoms with Crippen molar-refractivity contribution in [2.24, 2.45) is 0 Å². The highest BCUT2D eigenvalue weighted by Gasteiger charge is 2.29. The van der Waals surface area contributed by atoms with Crippen LogP contribution in [-0.4, -0.2) is 24.2 Å². The van der Waals surface area contributed by atoms with Crippen LogP contribution in [0.5, 0.6) is 0 Å². The first-order valence-corrected chi connectivity index (χ1v) is 5.58. The van der Waals surface area contributed by atoms with Crippen LogP contribution < -0.4 is 5.32 Å². The summed E-state index contributed by atoms with van der Waals surface area (Å²) in [4.78, 5) is 3.98. The molecule has 1 fully saturated rings. The van der Waals surface area contributed by atoms with E-state index in [-0.39, 0.29) is 11.9 Å². The summed E-state index contributed by atoms with van der Waals surface area (Å²) in [5, 5.41) is 3.05. The highest BCUT2D eigenvalue weighted by atomic mass is 79.9. The Morgan fingerprint density at radius 2 is 2.33 bits per heavy atom. The fourth-order valence-corrected chi connectivity index (χ4v) is 1.89. The van der Waals surface area contributed by atoms with Crippen LogP contribution in [-0.2, 0) is 4.74 Å². The highest BCUT2D eigenvalue weighted by Crippen LogP contribution is 2.27. The molecule has 1 aliphatic rings. The maximum atomic E-state index is 13.4. The SMILES string of the molecule is COC1CC(Nc2ncc(Br)cc2F)C1. The standard InChI is InChI=1S/C10H12BrFN2O/c1-15-8-3-7(4-8)14-10-9(12)2-6(11)5-13-10/h2,5,7-8H,3-4H2,1H3,(H,13,14). The van der Waals surface area contributed by atoms with E-state index in [9.17, 15) is 4.39 Å². The van der Waals surface area contributed by atoms with Gasteiger partial charge in [0.25, 0.3) is 0 Å². The smallest absolute Gasteiger partial charge is 0.166 e. The molecular weight excluding hydrogens is 263 g/mol. The number of nitrogens with one attached hydrogen (secondary N) is 1. The molecule has 0 unspecified atom stereocenters. The van der Waals surface area contributed by atoms with E-state index in [1.165, 1.54) is 6.07 Å². The largest absolute Gasteiger partial charge is 0.381 e. The third-order valence-electron chi connectivity index (χ3n) is 2.58. The molecule has 3 nitrogen and oxygen atoms in total. The van der Waals surface area contributed by atoms with E-state index in [2.05, 4.69) is 26.2 Å². The molecule has 0 bridgehead atoms. The summed E-state index contributed by atoms with van der Waals surface area (Å²) < 4.78 is 19.2. The van der Waals surface area contributed by atoms with Gasteiger partial charge in [0.05, 0.1) is 6.10 Å². The molecule has 0 saturated heterocycles. The van der Waals surface area contributed by atoms with Crippen LogP contribution in [0.15, 0.2) is 16.7 Å². The molecule has 2 rings (SSSR count).